The average Bonchev–Trinajstić information content (AvgIpc) is 3.09. The van der Waals surface area contributed by atoms with Gasteiger partial charge in [-0.2, -0.15) is 13.2 Å². The van der Waals surface area contributed by atoms with Crippen LogP contribution in [0.3, 0.4) is 0 Å². The zero-order valence-corrected chi connectivity index (χ0v) is 15.3. The fraction of sp³-hybridized carbons (Fsp3) is 0.150. The van der Waals surface area contributed by atoms with Gasteiger partial charge in [0.2, 0.25) is 0 Å². The third-order valence-electron chi connectivity index (χ3n) is 4.28. The summed E-state index contributed by atoms with van der Waals surface area (Å²) in [5.41, 5.74) is -1.20. The predicted octanol–water partition coefficient (Wildman–Crippen LogP) is 3.13. The number of carboxylic acid groups (broad SMARTS) is 1. The second-order valence-electron chi connectivity index (χ2n) is 6.43. The van der Waals surface area contributed by atoms with Gasteiger partial charge in [-0.1, -0.05) is 30.3 Å². The maximum absolute atomic E-state index is 13.0. The first-order chi connectivity index (χ1) is 14.1. The molecule has 1 atom stereocenters. The molecule has 3 aromatic rings. The molecule has 0 spiro atoms. The number of carboxylic acids is 1. The first-order valence-corrected chi connectivity index (χ1v) is 8.72. The number of nitrogens with zero attached hydrogens (tertiary/aromatic N) is 1. The van der Waals surface area contributed by atoms with E-state index in [1.165, 1.54) is 6.07 Å². The van der Waals surface area contributed by atoms with Crippen LogP contribution < -0.4 is 10.9 Å². The molecular weight excluding hydrogens is 403 g/mol. The van der Waals surface area contributed by atoms with Crippen LogP contribution in [0.25, 0.3) is 5.69 Å². The summed E-state index contributed by atoms with van der Waals surface area (Å²) in [5, 5.41) is 14.1. The molecule has 3 rings (SSSR count). The SMILES string of the molecule is O=C(O)CC(NC(=O)c1cc(=O)n(-c2ccccc2)[nH]1)c1cccc(C(F)(F)F)c1. The van der Waals surface area contributed by atoms with E-state index in [4.69, 9.17) is 5.11 Å². The highest BCUT2D eigenvalue weighted by Crippen LogP contribution is 2.31. The van der Waals surface area contributed by atoms with Gasteiger partial charge in [-0.3, -0.25) is 19.5 Å². The molecular formula is C20H16F3N3O4. The summed E-state index contributed by atoms with van der Waals surface area (Å²) in [6.45, 7) is 0. The van der Waals surface area contributed by atoms with E-state index in [9.17, 15) is 27.6 Å². The van der Waals surface area contributed by atoms with E-state index in [-0.39, 0.29) is 11.3 Å². The maximum Gasteiger partial charge on any atom is 0.416 e. The van der Waals surface area contributed by atoms with Gasteiger partial charge < -0.3 is 10.4 Å². The van der Waals surface area contributed by atoms with E-state index in [0.717, 1.165) is 28.9 Å². The molecule has 156 valence electrons. The number of aromatic amines is 1. The maximum atomic E-state index is 13.0. The molecule has 3 N–H and O–H groups in total. The average molecular weight is 419 g/mol. The topological polar surface area (TPSA) is 104 Å². The van der Waals surface area contributed by atoms with Gasteiger partial charge in [0.25, 0.3) is 11.5 Å². The van der Waals surface area contributed by atoms with Gasteiger partial charge in [0.15, 0.2) is 0 Å². The van der Waals surface area contributed by atoms with Crippen molar-refractivity contribution in [3.63, 3.8) is 0 Å². The van der Waals surface area contributed by atoms with Crippen LogP contribution in [0.2, 0.25) is 0 Å². The number of benzene rings is 2. The Balaban J connectivity index is 1.89. The third-order valence-corrected chi connectivity index (χ3v) is 4.28. The number of rotatable bonds is 6. The van der Waals surface area contributed by atoms with Crippen molar-refractivity contribution in [1.82, 2.24) is 15.1 Å². The molecule has 0 aliphatic heterocycles. The lowest BCUT2D eigenvalue weighted by atomic mass is 10.0. The molecule has 0 saturated heterocycles. The molecule has 1 heterocycles. The number of aromatic nitrogens is 2. The highest BCUT2D eigenvalue weighted by Gasteiger charge is 2.31. The Labute approximate surface area is 167 Å². The minimum atomic E-state index is -4.62. The number of H-pyrrole nitrogens is 1. The van der Waals surface area contributed by atoms with Crippen LogP contribution in [-0.2, 0) is 11.0 Å². The van der Waals surface area contributed by atoms with Crippen molar-refractivity contribution >= 4 is 11.9 Å². The largest absolute Gasteiger partial charge is 0.481 e. The first-order valence-electron chi connectivity index (χ1n) is 8.72. The number of hydrogen-bond donors (Lipinski definition) is 3. The lowest BCUT2D eigenvalue weighted by molar-refractivity contribution is -0.138. The molecule has 0 aliphatic rings. The number of halogens is 3. The lowest BCUT2D eigenvalue weighted by Gasteiger charge is -2.18. The predicted molar refractivity (Wildman–Crippen MR) is 100 cm³/mol. The summed E-state index contributed by atoms with van der Waals surface area (Å²) >= 11 is 0. The number of carbonyl (C=O) groups is 2. The molecule has 0 fully saturated rings. The van der Waals surface area contributed by atoms with Crippen LogP contribution in [-0.4, -0.2) is 26.8 Å². The number of para-hydroxylation sites is 1. The zero-order valence-electron chi connectivity index (χ0n) is 15.3. The number of alkyl halides is 3. The van der Waals surface area contributed by atoms with E-state index in [2.05, 4.69) is 10.4 Å². The van der Waals surface area contributed by atoms with E-state index >= 15 is 0 Å². The van der Waals surface area contributed by atoms with Gasteiger partial charge in [-0.15, -0.1) is 0 Å². The Hall–Kier alpha value is -3.82. The number of carbonyl (C=O) groups excluding carboxylic acids is 1. The van der Waals surface area contributed by atoms with E-state index in [0.29, 0.717) is 5.69 Å². The van der Waals surface area contributed by atoms with Crippen molar-refractivity contribution in [3.8, 4) is 5.69 Å². The summed E-state index contributed by atoms with van der Waals surface area (Å²) < 4.78 is 40.1. The van der Waals surface area contributed by atoms with Crippen molar-refractivity contribution in [2.45, 2.75) is 18.6 Å². The van der Waals surface area contributed by atoms with Crippen LogP contribution in [0.15, 0.2) is 65.5 Å². The fourth-order valence-corrected chi connectivity index (χ4v) is 2.88. The number of hydrogen-bond acceptors (Lipinski definition) is 3. The van der Waals surface area contributed by atoms with Crippen LogP contribution in [0, 0.1) is 0 Å². The van der Waals surface area contributed by atoms with Gasteiger partial charge in [0.05, 0.1) is 23.7 Å². The molecule has 1 aromatic heterocycles. The molecule has 0 aliphatic carbocycles. The third kappa shape index (κ3) is 4.77. The Morgan fingerprint density at radius 3 is 2.40 bits per heavy atom. The molecule has 0 saturated carbocycles. The Kier molecular flexibility index (Phi) is 5.77. The summed E-state index contributed by atoms with van der Waals surface area (Å²) in [4.78, 5) is 35.9. The number of amides is 1. The highest BCUT2D eigenvalue weighted by atomic mass is 19.4. The monoisotopic (exact) mass is 419 g/mol. The molecule has 2 aromatic carbocycles. The van der Waals surface area contributed by atoms with E-state index in [1.807, 2.05) is 0 Å². The summed E-state index contributed by atoms with van der Waals surface area (Å²) in [6, 6.07) is 12.2. The minimum Gasteiger partial charge on any atom is -0.481 e. The van der Waals surface area contributed by atoms with Crippen molar-refractivity contribution in [3.05, 3.63) is 87.8 Å². The second-order valence-corrected chi connectivity index (χ2v) is 6.43. The van der Waals surface area contributed by atoms with Gasteiger partial charge in [-0.05, 0) is 29.8 Å². The van der Waals surface area contributed by atoms with Crippen LogP contribution in [0.1, 0.15) is 34.1 Å². The molecule has 1 unspecified atom stereocenters. The van der Waals surface area contributed by atoms with Gasteiger partial charge in [-0.25, -0.2) is 4.68 Å². The van der Waals surface area contributed by atoms with Gasteiger partial charge in [0, 0.05) is 6.07 Å². The first kappa shape index (κ1) is 20.9. The normalized spacial score (nSPS) is 12.4. The van der Waals surface area contributed by atoms with Gasteiger partial charge >= 0.3 is 12.1 Å². The summed E-state index contributed by atoms with van der Waals surface area (Å²) in [5.74, 6) is -2.14. The fourth-order valence-electron chi connectivity index (χ4n) is 2.88. The van der Waals surface area contributed by atoms with Crippen LogP contribution in [0.5, 0.6) is 0 Å². The van der Waals surface area contributed by atoms with Gasteiger partial charge in [0.1, 0.15) is 5.69 Å². The molecule has 30 heavy (non-hydrogen) atoms. The van der Waals surface area contributed by atoms with Crippen LogP contribution >= 0.6 is 0 Å². The van der Waals surface area contributed by atoms with Crippen molar-refractivity contribution < 1.29 is 27.9 Å². The highest BCUT2D eigenvalue weighted by molar-refractivity contribution is 5.92. The van der Waals surface area contributed by atoms with Crippen molar-refractivity contribution in [1.29, 1.82) is 0 Å². The standard InChI is InChI=1S/C20H16F3N3O4/c21-20(22,23)13-6-4-5-12(9-13)15(11-18(28)29)24-19(30)16-10-17(27)26(25-16)14-7-2-1-3-8-14/h1-10,15,25H,11H2,(H,24,30)(H,28,29). The van der Waals surface area contributed by atoms with E-state index < -0.39 is 41.6 Å². The lowest BCUT2D eigenvalue weighted by Crippen LogP contribution is -2.30. The Bertz CT molecular complexity index is 1120. The molecule has 0 radical (unpaired) electrons. The van der Waals surface area contributed by atoms with Crippen LogP contribution in [0.4, 0.5) is 13.2 Å². The smallest absolute Gasteiger partial charge is 0.416 e. The summed E-state index contributed by atoms with van der Waals surface area (Å²) in [7, 11) is 0. The van der Waals surface area contributed by atoms with Crippen molar-refractivity contribution in [2.24, 2.45) is 0 Å². The minimum absolute atomic E-state index is 0.0228. The Morgan fingerprint density at radius 1 is 1.07 bits per heavy atom. The molecule has 7 nitrogen and oxygen atoms in total. The number of nitrogens with one attached hydrogen (secondary N) is 2. The van der Waals surface area contributed by atoms with E-state index in [1.54, 1.807) is 30.3 Å². The van der Waals surface area contributed by atoms with Crippen molar-refractivity contribution in [2.75, 3.05) is 0 Å². The quantitative estimate of drug-likeness (QED) is 0.571. The molecule has 10 heteroatoms. The molecule has 1 amide bonds. The molecule has 0 bridgehead atoms. The zero-order chi connectivity index (χ0) is 21.9. The number of aliphatic carboxylic acids is 1. The second kappa shape index (κ2) is 8.27. The Morgan fingerprint density at radius 2 is 1.77 bits per heavy atom. The summed E-state index contributed by atoms with van der Waals surface area (Å²) in [6.07, 6.45) is -5.26.